The molecule has 0 aromatic heterocycles. The van der Waals surface area contributed by atoms with E-state index in [1.807, 2.05) is 6.26 Å². The summed E-state index contributed by atoms with van der Waals surface area (Å²) in [6.07, 6.45) is 3.30. The molecule has 1 aromatic carbocycles. The molecule has 0 radical (unpaired) electrons. The fourth-order valence-electron chi connectivity index (χ4n) is 1.83. The Morgan fingerprint density at radius 2 is 1.96 bits per heavy atom. The van der Waals surface area contributed by atoms with Gasteiger partial charge in [-0.05, 0) is 49.6 Å². The highest BCUT2D eigenvalue weighted by molar-refractivity contribution is 7.98. The number of Topliss-reactive ketones (excluding diaryl/α,β-unsaturated/α-hetero) is 1. The summed E-state index contributed by atoms with van der Waals surface area (Å²) < 4.78 is 0. The molecular formula is C17H19N3O4S. The smallest absolute Gasteiger partial charge is 0.326 e. The maximum atomic E-state index is 12.1. The molecule has 7 nitrogen and oxygen atoms in total. The number of carboxylic acids is 1. The van der Waals surface area contributed by atoms with Crippen LogP contribution in [0.4, 0.5) is 5.69 Å². The Labute approximate surface area is 150 Å². The number of nitriles is 1. The standard InChI is InChI=1S/C17H19N3O4S/c1-11(21)12-3-5-14(6-4-12)19-10-13(9-18)16(22)20-15(17(23)24)7-8-25-2/h3-6,10,15,19H,7-8H2,1-2H3,(H,20,22)(H,23,24)/b13-10-. The van der Waals surface area contributed by atoms with Crippen molar-refractivity contribution in [2.24, 2.45) is 0 Å². The van der Waals surface area contributed by atoms with Crippen LogP contribution < -0.4 is 10.6 Å². The lowest BCUT2D eigenvalue weighted by atomic mass is 10.1. The van der Waals surface area contributed by atoms with E-state index in [0.717, 1.165) is 0 Å². The van der Waals surface area contributed by atoms with Crippen molar-refractivity contribution in [3.8, 4) is 6.07 Å². The van der Waals surface area contributed by atoms with E-state index in [-0.39, 0.29) is 17.8 Å². The van der Waals surface area contributed by atoms with Gasteiger partial charge in [0.05, 0.1) is 0 Å². The third-order valence-corrected chi connectivity index (χ3v) is 3.90. The number of carboxylic acid groups (broad SMARTS) is 1. The monoisotopic (exact) mass is 361 g/mol. The molecule has 25 heavy (non-hydrogen) atoms. The van der Waals surface area contributed by atoms with E-state index in [1.165, 1.54) is 24.9 Å². The number of anilines is 1. The summed E-state index contributed by atoms with van der Waals surface area (Å²) in [4.78, 5) is 34.4. The van der Waals surface area contributed by atoms with Gasteiger partial charge in [-0.25, -0.2) is 4.79 Å². The molecule has 1 amide bonds. The number of aliphatic carboxylic acids is 1. The molecule has 0 heterocycles. The number of amides is 1. The number of thioether (sulfide) groups is 1. The number of nitrogens with one attached hydrogen (secondary N) is 2. The van der Waals surface area contributed by atoms with Gasteiger partial charge in [-0.3, -0.25) is 9.59 Å². The highest BCUT2D eigenvalue weighted by Crippen LogP contribution is 2.11. The molecule has 0 saturated heterocycles. The SMILES string of the molecule is CSCCC(NC(=O)/C(C#N)=C\Nc1ccc(C(C)=O)cc1)C(=O)O. The first-order valence-corrected chi connectivity index (χ1v) is 8.78. The van der Waals surface area contributed by atoms with Crippen molar-refractivity contribution in [1.82, 2.24) is 5.32 Å². The molecule has 0 fully saturated rings. The highest BCUT2D eigenvalue weighted by atomic mass is 32.2. The van der Waals surface area contributed by atoms with Gasteiger partial charge in [0, 0.05) is 17.5 Å². The van der Waals surface area contributed by atoms with Crippen LogP contribution >= 0.6 is 11.8 Å². The number of carbonyl (C=O) groups is 3. The van der Waals surface area contributed by atoms with Gasteiger partial charge in [-0.2, -0.15) is 17.0 Å². The van der Waals surface area contributed by atoms with Crippen molar-refractivity contribution in [2.45, 2.75) is 19.4 Å². The second-order valence-corrected chi connectivity index (χ2v) is 6.08. The maximum absolute atomic E-state index is 12.1. The van der Waals surface area contributed by atoms with Gasteiger partial charge < -0.3 is 15.7 Å². The van der Waals surface area contributed by atoms with E-state index >= 15 is 0 Å². The number of carbonyl (C=O) groups excluding carboxylic acids is 2. The van der Waals surface area contributed by atoms with Crippen molar-refractivity contribution in [3.63, 3.8) is 0 Å². The molecule has 1 rings (SSSR count). The molecule has 0 aliphatic heterocycles. The van der Waals surface area contributed by atoms with Gasteiger partial charge in [-0.1, -0.05) is 0 Å². The predicted octanol–water partition coefficient (Wildman–Crippen LogP) is 2.03. The first-order valence-electron chi connectivity index (χ1n) is 7.39. The fraction of sp³-hybridized carbons (Fsp3) is 0.294. The van der Waals surface area contributed by atoms with Crippen LogP contribution in [0.25, 0.3) is 0 Å². The van der Waals surface area contributed by atoms with Crippen molar-refractivity contribution in [1.29, 1.82) is 5.26 Å². The van der Waals surface area contributed by atoms with Crippen LogP contribution in [-0.2, 0) is 9.59 Å². The Morgan fingerprint density at radius 3 is 2.44 bits per heavy atom. The number of hydrogen-bond acceptors (Lipinski definition) is 6. The van der Waals surface area contributed by atoms with Crippen LogP contribution in [0.2, 0.25) is 0 Å². The largest absolute Gasteiger partial charge is 0.480 e. The van der Waals surface area contributed by atoms with Crippen LogP contribution in [0.3, 0.4) is 0 Å². The van der Waals surface area contributed by atoms with E-state index in [2.05, 4.69) is 10.6 Å². The van der Waals surface area contributed by atoms with Crippen molar-refractivity contribution in [3.05, 3.63) is 41.6 Å². The van der Waals surface area contributed by atoms with Crippen LogP contribution in [0, 0.1) is 11.3 Å². The summed E-state index contributed by atoms with van der Waals surface area (Å²) >= 11 is 1.47. The summed E-state index contributed by atoms with van der Waals surface area (Å²) in [5.41, 5.74) is 0.889. The quantitative estimate of drug-likeness (QED) is 0.350. The average molecular weight is 361 g/mol. The normalized spacial score (nSPS) is 12.0. The zero-order valence-electron chi connectivity index (χ0n) is 13.9. The van der Waals surface area contributed by atoms with Crippen molar-refractivity contribution < 1.29 is 19.5 Å². The molecule has 132 valence electrons. The van der Waals surface area contributed by atoms with Crippen LogP contribution in [0.1, 0.15) is 23.7 Å². The molecule has 8 heteroatoms. The molecule has 0 aliphatic carbocycles. The zero-order valence-corrected chi connectivity index (χ0v) is 14.7. The van der Waals surface area contributed by atoms with Crippen molar-refractivity contribution in [2.75, 3.05) is 17.3 Å². The summed E-state index contributed by atoms with van der Waals surface area (Å²) in [6, 6.07) is 7.20. The van der Waals surface area contributed by atoms with Gasteiger partial charge in [0.25, 0.3) is 5.91 Å². The lowest BCUT2D eigenvalue weighted by Crippen LogP contribution is -2.41. The number of rotatable bonds is 9. The van der Waals surface area contributed by atoms with E-state index in [0.29, 0.717) is 17.0 Å². The minimum atomic E-state index is -1.15. The summed E-state index contributed by atoms with van der Waals surface area (Å²) in [6.45, 7) is 1.45. The van der Waals surface area contributed by atoms with E-state index in [4.69, 9.17) is 10.4 Å². The Bertz CT molecular complexity index is 708. The second-order valence-electron chi connectivity index (χ2n) is 5.09. The molecule has 0 aliphatic rings. The summed E-state index contributed by atoms with van der Waals surface area (Å²) in [7, 11) is 0. The Balaban J connectivity index is 2.77. The minimum absolute atomic E-state index is 0.0656. The second kappa shape index (κ2) is 10.2. The Hall–Kier alpha value is -2.79. The molecule has 1 atom stereocenters. The van der Waals surface area contributed by atoms with Crippen LogP contribution in [0.5, 0.6) is 0 Å². The van der Waals surface area contributed by atoms with Gasteiger partial charge in [0.1, 0.15) is 17.7 Å². The van der Waals surface area contributed by atoms with Gasteiger partial charge in [0.15, 0.2) is 5.78 Å². The Kier molecular flexibility index (Phi) is 8.23. The van der Waals surface area contributed by atoms with E-state index < -0.39 is 17.9 Å². The zero-order chi connectivity index (χ0) is 18.8. The lowest BCUT2D eigenvalue weighted by Gasteiger charge is -2.13. The first-order chi connectivity index (χ1) is 11.9. The third kappa shape index (κ3) is 6.69. The number of ketones is 1. The van der Waals surface area contributed by atoms with Crippen molar-refractivity contribution >= 4 is 35.1 Å². The molecule has 0 saturated carbocycles. The minimum Gasteiger partial charge on any atom is -0.480 e. The Morgan fingerprint density at radius 1 is 1.32 bits per heavy atom. The van der Waals surface area contributed by atoms with E-state index in [1.54, 1.807) is 30.3 Å². The number of benzene rings is 1. The van der Waals surface area contributed by atoms with Gasteiger partial charge in [0.2, 0.25) is 0 Å². The van der Waals surface area contributed by atoms with Gasteiger partial charge in [-0.15, -0.1) is 0 Å². The molecule has 3 N–H and O–H groups in total. The summed E-state index contributed by atoms with van der Waals surface area (Å²) in [5, 5.41) is 23.3. The summed E-state index contributed by atoms with van der Waals surface area (Å²) in [5.74, 6) is -1.40. The maximum Gasteiger partial charge on any atom is 0.326 e. The topological polar surface area (TPSA) is 119 Å². The molecule has 1 unspecified atom stereocenters. The fourth-order valence-corrected chi connectivity index (χ4v) is 2.31. The molecule has 0 bridgehead atoms. The average Bonchev–Trinajstić information content (AvgIpc) is 2.59. The third-order valence-electron chi connectivity index (χ3n) is 3.25. The molecular weight excluding hydrogens is 342 g/mol. The first kappa shape index (κ1) is 20.3. The van der Waals surface area contributed by atoms with E-state index in [9.17, 15) is 14.4 Å². The molecule has 0 spiro atoms. The number of hydrogen-bond donors (Lipinski definition) is 3. The van der Waals surface area contributed by atoms with Gasteiger partial charge >= 0.3 is 5.97 Å². The number of nitrogens with zero attached hydrogens (tertiary/aromatic N) is 1. The predicted molar refractivity (Wildman–Crippen MR) is 96.3 cm³/mol. The highest BCUT2D eigenvalue weighted by Gasteiger charge is 2.21. The van der Waals surface area contributed by atoms with Crippen LogP contribution in [0.15, 0.2) is 36.0 Å². The lowest BCUT2D eigenvalue weighted by molar-refractivity contribution is -0.141. The molecule has 1 aromatic rings. The van der Waals surface area contributed by atoms with Crippen LogP contribution in [-0.4, -0.2) is 40.8 Å².